The van der Waals surface area contributed by atoms with E-state index in [1.54, 1.807) is 4.68 Å². The summed E-state index contributed by atoms with van der Waals surface area (Å²) in [5.74, 6) is 0.0486. The van der Waals surface area contributed by atoms with Gasteiger partial charge in [-0.25, -0.2) is 4.68 Å². The monoisotopic (exact) mass is 257 g/mol. The Bertz CT molecular complexity index is 594. The van der Waals surface area contributed by atoms with Gasteiger partial charge in [0.2, 0.25) is 0 Å². The van der Waals surface area contributed by atoms with E-state index in [1.165, 1.54) is 11.1 Å². The van der Waals surface area contributed by atoms with Crippen LogP contribution in [0.5, 0.6) is 0 Å². The van der Waals surface area contributed by atoms with Crippen molar-refractivity contribution in [3.05, 3.63) is 40.7 Å². The zero-order chi connectivity index (χ0) is 14.0. The van der Waals surface area contributed by atoms with Crippen molar-refractivity contribution in [3.8, 4) is 5.69 Å². The van der Waals surface area contributed by atoms with Crippen LogP contribution in [0, 0.1) is 13.8 Å². The molecule has 0 spiro atoms. The van der Waals surface area contributed by atoms with Gasteiger partial charge in [0.1, 0.15) is 0 Å². The van der Waals surface area contributed by atoms with Crippen LogP contribution in [-0.4, -0.2) is 20.8 Å². The molecule has 0 unspecified atom stereocenters. The van der Waals surface area contributed by atoms with Crippen molar-refractivity contribution >= 4 is 5.78 Å². The summed E-state index contributed by atoms with van der Waals surface area (Å²) >= 11 is 0. The zero-order valence-electron chi connectivity index (χ0n) is 11.9. The lowest BCUT2D eigenvalue weighted by Gasteiger charge is -2.08. The average molecular weight is 257 g/mol. The topological polar surface area (TPSA) is 47.8 Å². The van der Waals surface area contributed by atoms with Crippen molar-refractivity contribution in [2.45, 2.75) is 40.5 Å². The Labute approximate surface area is 113 Å². The molecule has 0 radical (unpaired) electrons. The second-order valence-electron chi connectivity index (χ2n) is 4.77. The van der Waals surface area contributed by atoms with Gasteiger partial charge in [0.25, 0.3) is 0 Å². The lowest BCUT2D eigenvalue weighted by atomic mass is 10.1. The molecule has 0 saturated carbocycles. The van der Waals surface area contributed by atoms with E-state index in [4.69, 9.17) is 0 Å². The summed E-state index contributed by atoms with van der Waals surface area (Å²) in [6.07, 6.45) is 1.19. The maximum Gasteiger partial charge on any atom is 0.184 e. The smallest absolute Gasteiger partial charge is 0.184 e. The number of hydrogen-bond donors (Lipinski definition) is 0. The molecule has 0 bridgehead atoms. The highest BCUT2D eigenvalue weighted by Crippen LogP contribution is 2.18. The first-order valence-corrected chi connectivity index (χ1v) is 6.63. The highest BCUT2D eigenvalue weighted by atomic mass is 16.1. The van der Waals surface area contributed by atoms with Crippen LogP contribution in [-0.2, 0) is 6.42 Å². The highest BCUT2D eigenvalue weighted by Gasteiger charge is 2.17. The Morgan fingerprint density at radius 3 is 2.32 bits per heavy atom. The fraction of sp³-hybridized carbons (Fsp3) is 0.400. The first kappa shape index (κ1) is 13.5. The van der Waals surface area contributed by atoms with E-state index in [0.717, 1.165) is 17.8 Å². The third-order valence-corrected chi connectivity index (χ3v) is 3.13. The van der Waals surface area contributed by atoms with Gasteiger partial charge in [-0.3, -0.25) is 4.79 Å². The van der Waals surface area contributed by atoms with Gasteiger partial charge in [-0.2, -0.15) is 0 Å². The van der Waals surface area contributed by atoms with Crippen LogP contribution in [0.2, 0.25) is 0 Å². The summed E-state index contributed by atoms with van der Waals surface area (Å²) in [5.41, 5.74) is 4.71. The Balaban J connectivity index is 2.56. The molecule has 1 aromatic carbocycles. The number of rotatable bonds is 4. The van der Waals surface area contributed by atoms with Crippen LogP contribution < -0.4 is 0 Å². The molecule has 2 rings (SSSR count). The maximum absolute atomic E-state index is 11.9. The van der Waals surface area contributed by atoms with E-state index >= 15 is 0 Å². The van der Waals surface area contributed by atoms with Crippen LogP contribution in [0.15, 0.2) is 18.2 Å². The molecule has 0 aliphatic heterocycles. The van der Waals surface area contributed by atoms with E-state index in [9.17, 15) is 4.79 Å². The lowest BCUT2D eigenvalue weighted by Crippen LogP contribution is -2.06. The number of hydrogen-bond acceptors (Lipinski definition) is 3. The fourth-order valence-electron chi connectivity index (χ4n) is 2.28. The van der Waals surface area contributed by atoms with Gasteiger partial charge in [-0.1, -0.05) is 25.1 Å². The van der Waals surface area contributed by atoms with Gasteiger partial charge >= 0.3 is 0 Å². The molecule has 1 heterocycles. The van der Waals surface area contributed by atoms with Crippen LogP contribution in [0.1, 0.15) is 47.6 Å². The number of carbonyl (C=O) groups is 1. The van der Waals surface area contributed by atoms with Gasteiger partial charge in [0.15, 0.2) is 11.5 Å². The standard InChI is InChI=1S/C15H19N3O/c1-5-13-15(14(19)6-2)16-17-18(13)12-8-10(3)7-11(4)9-12/h7-9H,5-6H2,1-4H3. The Morgan fingerprint density at radius 2 is 1.79 bits per heavy atom. The van der Waals surface area contributed by atoms with Crippen LogP contribution >= 0.6 is 0 Å². The lowest BCUT2D eigenvalue weighted by molar-refractivity contribution is 0.0982. The van der Waals surface area contributed by atoms with Gasteiger partial charge < -0.3 is 0 Å². The minimum absolute atomic E-state index is 0.0486. The molecular weight excluding hydrogens is 238 g/mol. The predicted molar refractivity (Wildman–Crippen MR) is 74.8 cm³/mol. The highest BCUT2D eigenvalue weighted by molar-refractivity contribution is 5.95. The van der Waals surface area contributed by atoms with Crippen molar-refractivity contribution in [2.24, 2.45) is 0 Å². The summed E-state index contributed by atoms with van der Waals surface area (Å²) in [4.78, 5) is 11.9. The molecule has 0 fully saturated rings. The molecule has 0 atom stereocenters. The number of Topliss-reactive ketones (excluding diaryl/α,β-unsaturated/α-hetero) is 1. The Kier molecular flexibility index (Phi) is 3.79. The third-order valence-electron chi connectivity index (χ3n) is 3.13. The minimum Gasteiger partial charge on any atom is -0.292 e. The second kappa shape index (κ2) is 5.34. The van der Waals surface area contributed by atoms with Gasteiger partial charge in [-0.05, 0) is 43.5 Å². The largest absolute Gasteiger partial charge is 0.292 e. The maximum atomic E-state index is 11.9. The number of aryl methyl sites for hydroxylation is 2. The number of ketones is 1. The van der Waals surface area contributed by atoms with Crippen LogP contribution in [0.4, 0.5) is 0 Å². The summed E-state index contributed by atoms with van der Waals surface area (Å²) in [5, 5.41) is 8.21. The molecular formula is C15H19N3O. The fourth-order valence-corrected chi connectivity index (χ4v) is 2.28. The zero-order valence-corrected chi connectivity index (χ0v) is 11.9. The predicted octanol–water partition coefficient (Wildman–Crippen LogP) is 3.04. The van der Waals surface area contributed by atoms with Crippen molar-refractivity contribution in [1.82, 2.24) is 15.0 Å². The van der Waals surface area contributed by atoms with Gasteiger partial charge in [0.05, 0.1) is 11.4 Å². The molecule has 0 aliphatic carbocycles. The number of carbonyl (C=O) groups excluding carboxylic acids is 1. The number of benzene rings is 1. The van der Waals surface area contributed by atoms with E-state index in [1.807, 2.05) is 13.8 Å². The molecule has 19 heavy (non-hydrogen) atoms. The van der Waals surface area contributed by atoms with Crippen molar-refractivity contribution in [1.29, 1.82) is 0 Å². The molecule has 100 valence electrons. The number of nitrogens with zero attached hydrogens (tertiary/aromatic N) is 3. The second-order valence-corrected chi connectivity index (χ2v) is 4.77. The Hall–Kier alpha value is -1.97. The summed E-state index contributed by atoms with van der Waals surface area (Å²) in [6, 6.07) is 6.23. The molecule has 0 amide bonds. The molecule has 1 aromatic heterocycles. The molecule has 0 saturated heterocycles. The van der Waals surface area contributed by atoms with Crippen LogP contribution in [0.3, 0.4) is 0 Å². The number of aromatic nitrogens is 3. The summed E-state index contributed by atoms with van der Waals surface area (Å²) in [7, 11) is 0. The van der Waals surface area contributed by atoms with E-state index in [0.29, 0.717) is 12.1 Å². The first-order valence-electron chi connectivity index (χ1n) is 6.63. The third kappa shape index (κ3) is 2.57. The van der Waals surface area contributed by atoms with Crippen molar-refractivity contribution in [2.75, 3.05) is 0 Å². The molecule has 2 aromatic rings. The summed E-state index contributed by atoms with van der Waals surface area (Å²) < 4.78 is 1.78. The molecule has 4 heteroatoms. The molecule has 4 nitrogen and oxygen atoms in total. The van der Waals surface area contributed by atoms with Crippen LogP contribution in [0.25, 0.3) is 5.69 Å². The molecule has 0 aliphatic rings. The van der Waals surface area contributed by atoms with E-state index in [-0.39, 0.29) is 5.78 Å². The van der Waals surface area contributed by atoms with Gasteiger partial charge in [-0.15, -0.1) is 5.10 Å². The van der Waals surface area contributed by atoms with Crippen molar-refractivity contribution in [3.63, 3.8) is 0 Å². The minimum atomic E-state index is 0.0486. The average Bonchev–Trinajstić information content (AvgIpc) is 2.80. The van der Waals surface area contributed by atoms with Crippen molar-refractivity contribution < 1.29 is 4.79 Å². The SMILES string of the molecule is CCC(=O)c1nnn(-c2cc(C)cc(C)c2)c1CC. The summed E-state index contributed by atoms with van der Waals surface area (Å²) in [6.45, 7) is 7.97. The van der Waals surface area contributed by atoms with Gasteiger partial charge in [0, 0.05) is 6.42 Å². The van der Waals surface area contributed by atoms with E-state index in [2.05, 4.69) is 42.4 Å². The quantitative estimate of drug-likeness (QED) is 0.791. The van der Waals surface area contributed by atoms with E-state index < -0.39 is 0 Å². The molecule has 0 N–H and O–H groups in total. The normalized spacial score (nSPS) is 10.7. The Morgan fingerprint density at radius 1 is 1.16 bits per heavy atom. The first-order chi connectivity index (χ1) is 9.06.